The van der Waals surface area contributed by atoms with E-state index in [9.17, 15) is 10.5 Å². The Morgan fingerprint density at radius 2 is 0.925 bits per heavy atom. The molecule has 0 unspecified atom stereocenters. The van der Waals surface area contributed by atoms with Crippen molar-refractivity contribution < 1.29 is 0 Å². The molecule has 0 spiro atoms. The van der Waals surface area contributed by atoms with Gasteiger partial charge >= 0.3 is 0 Å². The van der Waals surface area contributed by atoms with Gasteiger partial charge in [0.15, 0.2) is 0 Å². The highest BCUT2D eigenvalue weighted by atomic mass is 32.1. The number of rotatable bonds is 6. The van der Waals surface area contributed by atoms with E-state index in [0.717, 1.165) is 53.9 Å². The van der Waals surface area contributed by atoms with Crippen molar-refractivity contribution in [3.05, 3.63) is 142 Å². The lowest BCUT2D eigenvalue weighted by Crippen LogP contribution is -1.91. The summed E-state index contributed by atoms with van der Waals surface area (Å²) in [5.41, 5.74) is 7.24. The van der Waals surface area contributed by atoms with Gasteiger partial charge in [-0.3, -0.25) is 0 Å². The molecule has 4 heteroatoms. The van der Waals surface area contributed by atoms with Gasteiger partial charge in [0, 0.05) is 20.9 Å². The summed E-state index contributed by atoms with van der Waals surface area (Å²) >= 11 is 3.38. The summed E-state index contributed by atoms with van der Waals surface area (Å²) in [5.74, 6) is 0. The van der Waals surface area contributed by atoms with Gasteiger partial charge in [0.05, 0.1) is 23.3 Å². The number of fused-ring (bicyclic) bond motifs is 1. The molecule has 2 heterocycles. The Balaban J connectivity index is 1.63. The maximum Gasteiger partial charge on any atom is 0.0998 e. The highest BCUT2D eigenvalue weighted by Gasteiger charge is 2.17. The Hall–Kier alpha value is -5.00. The van der Waals surface area contributed by atoms with Crippen LogP contribution in [0.2, 0.25) is 0 Å². The normalized spacial score (nSPS) is 11.8. The molecule has 0 N–H and O–H groups in total. The Kier molecular flexibility index (Phi) is 7.20. The molecule has 40 heavy (non-hydrogen) atoms. The predicted molar refractivity (Wildman–Crippen MR) is 170 cm³/mol. The predicted octanol–water partition coefficient (Wildman–Crippen LogP) is 10.4. The second-order valence-electron chi connectivity index (χ2n) is 9.18. The van der Waals surface area contributed by atoms with Gasteiger partial charge in [0.1, 0.15) is 0 Å². The largest absolute Gasteiger partial charge is 0.192 e. The smallest absolute Gasteiger partial charge is 0.0998 e. The van der Waals surface area contributed by atoms with Crippen LogP contribution in [-0.4, -0.2) is 0 Å². The maximum absolute atomic E-state index is 10.0. The number of thiophene rings is 2. The summed E-state index contributed by atoms with van der Waals surface area (Å²) in [6, 6.07) is 41.3. The lowest BCUT2D eigenvalue weighted by molar-refractivity contribution is 1.52. The average Bonchev–Trinajstić information content (AvgIpc) is 3.74. The topological polar surface area (TPSA) is 47.6 Å². The van der Waals surface area contributed by atoms with E-state index >= 15 is 0 Å². The van der Waals surface area contributed by atoms with E-state index in [-0.39, 0.29) is 0 Å². The van der Waals surface area contributed by atoms with Gasteiger partial charge in [-0.05, 0) is 68.1 Å². The Bertz CT molecular complexity index is 1790. The van der Waals surface area contributed by atoms with Crippen LogP contribution >= 0.6 is 22.7 Å². The van der Waals surface area contributed by atoms with Gasteiger partial charge in [0.2, 0.25) is 0 Å². The van der Waals surface area contributed by atoms with Crippen molar-refractivity contribution in [3.8, 4) is 33.0 Å². The highest BCUT2D eigenvalue weighted by molar-refractivity contribution is 7.14. The molecule has 6 aromatic rings. The van der Waals surface area contributed by atoms with Gasteiger partial charge in [-0.2, -0.15) is 10.5 Å². The fourth-order valence-electron chi connectivity index (χ4n) is 4.98. The zero-order chi connectivity index (χ0) is 27.3. The first-order valence-electron chi connectivity index (χ1n) is 12.8. The van der Waals surface area contributed by atoms with E-state index < -0.39 is 0 Å². The Morgan fingerprint density at radius 3 is 1.27 bits per heavy atom. The van der Waals surface area contributed by atoms with Crippen LogP contribution in [0.4, 0.5) is 0 Å². The Labute approximate surface area is 241 Å². The average molecular weight is 547 g/mol. The van der Waals surface area contributed by atoms with Crippen LogP contribution in [-0.2, 0) is 0 Å². The number of hydrogen-bond donors (Lipinski definition) is 0. The van der Waals surface area contributed by atoms with Crippen molar-refractivity contribution >= 4 is 56.7 Å². The number of allylic oxidation sites excluding steroid dienone is 2. The monoisotopic (exact) mass is 546 g/mol. The summed E-state index contributed by atoms with van der Waals surface area (Å²) in [4.78, 5) is 2.29. The van der Waals surface area contributed by atoms with Crippen molar-refractivity contribution in [2.75, 3.05) is 0 Å². The summed E-state index contributed by atoms with van der Waals surface area (Å²) in [6.07, 6.45) is 3.98. The van der Waals surface area contributed by atoms with Crippen molar-refractivity contribution in [2.45, 2.75) is 0 Å². The molecular formula is C36H22N2S2. The molecule has 0 amide bonds. The van der Waals surface area contributed by atoms with E-state index in [4.69, 9.17) is 0 Å². The van der Waals surface area contributed by atoms with E-state index in [1.807, 2.05) is 72.8 Å². The molecule has 0 aliphatic carbocycles. The molecule has 0 fully saturated rings. The minimum atomic E-state index is 0.623. The van der Waals surface area contributed by atoms with Crippen LogP contribution in [0.1, 0.15) is 22.3 Å². The molecule has 0 atom stereocenters. The third-order valence-electron chi connectivity index (χ3n) is 6.81. The zero-order valence-electron chi connectivity index (χ0n) is 21.4. The van der Waals surface area contributed by atoms with Crippen molar-refractivity contribution in [3.63, 3.8) is 0 Å². The molecule has 0 aliphatic heterocycles. The lowest BCUT2D eigenvalue weighted by Gasteiger charge is -2.15. The van der Waals surface area contributed by atoms with Gasteiger partial charge in [0.25, 0.3) is 0 Å². The molecule has 4 aromatic carbocycles. The van der Waals surface area contributed by atoms with Gasteiger partial charge in [-0.25, -0.2) is 0 Å². The van der Waals surface area contributed by atoms with E-state index in [1.165, 1.54) is 0 Å². The molecule has 0 bridgehead atoms. The molecule has 2 aromatic heterocycles. The number of hydrogen-bond acceptors (Lipinski definition) is 4. The molecule has 0 saturated carbocycles. The first kappa shape index (κ1) is 25.3. The first-order chi connectivity index (χ1) is 19.8. The van der Waals surface area contributed by atoms with Crippen LogP contribution in [0.15, 0.2) is 120 Å². The minimum Gasteiger partial charge on any atom is -0.192 e. The molecule has 2 nitrogen and oxygen atoms in total. The Morgan fingerprint density at radius 1 is 0.500 bits per heavy atom. The van der Waals surface area contributed by atoms with E-state index in [0.29, 0.717) is 11.1 Å². The van der Waals surface area contributed by atoms with Gasteiger partial charge in [-0.15, -0.1) is 22.7 Å². The fourth-order valence-corrected chi connectivity index (χ4v) is 6.59. The molecule has 0 aliphatic rings. The second kappa shape index (κ2) is 11.4. The SMILES string of the molecule is N#C/C(=C\c1ccc2c(-c3cccs3)c(/C=C(/C#N)c3ccccc3)ccc2c1-c1cccs1)c1ccccc1. The van der Waals surface area contributed by atoms with Crippen LogP contribution in [0, 0.1) is 22.7 Å². The second-order valence-corrected chi connectivity index (χ2v) is 11.1. The lowest BCUT2D eigenvalue weighted by atomic mass is 9.89. The van der Waals surface area contributed by atoms with Crippen molar-refractivity contribution in [1.82, 2.24) is 0 Å². The summed E-state index contributed by atoms with van der Waals surface area (Å²) in [5, 5.41) is 26.5. The van der Waals surface area contributed by atoms with Crippen LogP contribution in [0.25, 0.3) is 55.0 Å². The zero-order valence-corrected chi connectivity index (χ0v) is 23.0. The quantitative estimate of drug-likeness (QED) is 0.154. The highest BCUT2D eigenvalue weighted by Crippen LogP contribution is 2.43. The van der Waals surface area contributed by atoms with Crippen molar-refractivity contribution in [1.29, 1.82) is 10.5 Å². The third-order valence-corrected chi connectivity index (χ3v) is 8.59. The van der Waals surface area contributed by atoms with E-state index in [1.54, 1.807) is 22.7 Å². The molecular weight excluding hydrogens is 525 g/mol. The summed E-state index contributed by atoms with van der Waals surface area (Å²) in [6.45, 7) is 0. The molecule has 6 rings (SSSR count). The van der Waals surface area contributed by atoms with Crippen LogP contribution in [0.3, 0.4) is 0 Å². The summed E-state index contributed by atoms with van der Waals surface area (Å²) in [7, 11) is 0. The number of nitriles is 2. The third kappa shape index (κ3) is 4.91. The van der Waals surface area contributed by atoms with Crippen LogP contribution < -0.4 is 0 Å². The molecule has 188 valence electrons. The first-order valence-corrected chi connectivity index (χ1v) is 14.5. The van der Waals surface area contributed by atoms with Crippen LogP contribution in [0.5, 0.6) is 0 Å². The fraction of sp³-hybridized carbons (Fsp3) is 0. The maximum atomic E-state index is 10.0. The minimum absolute atomic E-state index is 0.623. The van der Waals surface area contributed by atoms with Gasteiger partial charge in [-0.1, -0.05) is 97.1 Å². The standard InChI is InChI=1S/C36H22N2S2/c37-23-29(25-9-3-1-4-10-25)21-27-15-17-32-31(35(27)33-13-7-19-39-33)18-16-28(36(32)34-14-8-20-40-34)22-30(24-38)26-11-5-2-6-12-26/h1-22H/b29-21-,30-22+. The molecule has 0 radical (unpaired) electrons. The number of nitrogens with zero attached hydrogens (tertiary/aromatic N) is 2. The molecule has 0 saturated heterocycles. The van der Waals surface area contributed by atoms with Crippen molar-refractivity contribution in [2.24, 2.45) is 0 Å². The summed E-state index contributed by atoms with van der Waals surface area (Å²) < 4.78 is 0. The van der Waals surface area contributed by atoms with Gasteiger partial charge < -0.3 is 0 Å². The number of benzene rings is 4. The van der Waals surface area contributed by atoms with E-state index in [2.05, 4.69) is 71.4 Å².